The van der Waals surface area contributed by atoms with Crippen LogP contribution in [0.4, 0.5) is 5.69 Å². The minimum absolute atomic E-state index is 0.0209. The van der Waals surface area contributed by atoms with Gasteiger partial charge < -0.3 is 10.0 Å². The van der Waals surface area contributed by atoms with Crippen molar-refractivity contribution in [3.63, 3.8) is 0 Å². The Hall–Kier alpha value is -2.55. The summed E-state index contributed by atoms with van der Waals surface area (Å²) in [6, 6.07) is 12.9. The molecule has 0 aliphatic heterocycles. The fourth-order valence-electron chi connectivity index (χ4n) is 2.00. The van der Waals surface area contributed by atoms with Gasteiger partial charge in [0, 0.05) is 19.8 Å². The summed E-state index contributed by atoms with van der Waals surface area (Å²) in [6.45, 7) is 1.87. The SMILES string of the molecule is Cc1ccc(C(=O)/C=C/c2ccc(N(C)C)cc2)c(O)c1. The van der Waals surface area contributed by atoms with Gasteiger partial charge in [0.05, 0.1) is 5.56 Å². The molecule has 0 saturated carbocycles. The number of phenols is 1. The first-order valence-corrected chi connectivity index (χ1v) is 6.77. The Kier molecular flexibility index (Phi) is 4.43. The number of hydrogen-bond acceptors (Lipinski definition) is 3. The molecule has 2 aromatic rings. The zero-order chi connectivity index (χ0) is 15.4. The van der Waals surface area contributed by atoms with E-state index in [0.717, 1.165) is 16.8 Å². The highest BCUT2D eigenvalue weighted by Gasteiger charge is 2.07. The first kappa shape index (κ1) is 14.9. The van der Waals surface area contributed by atoms with Crippen molar-refractivity contribution in [3.05, 3.63) is 65.2 Å². The van der Waals surface area contributed by atoms with E-state index in [-0.39, 0.29) is 11.5 Å². The number of benzene rings is 2. The average molecular weight is 281 g/mol. The summed E-state index contributed by atoms with van der Waals surface area (Å²) in [4.78, 5) is 14.1. The van der Waals surface area contributed by atoms with Crippen LogP contribution in [0.15, 0.2) is 48.5 Å². The van der Waals surface area contributed by atoms with Crippen LogP contribution in [-0.4, -0.2) is 25.0 Å². The molecule has 0 aliphatic rings. The van der Waals surface area contributed by atoms with Crippen molar-refractivity contribution in [1.29, 1.82) is 0 Å². The Balaban J connectivity index is 2.15. The highest BCUT2D eigenvalue weighted by atomic mass is 16.3. The lowest BCUT2D eigenvalue weighted by atomic mass is 10.1. The second-order valence-corrected chi connectivity index (χ2v) is 5.20. The van der Waals surface area contributed by atoms with Crippen LogP contribution in [0.2, 0.25) is 0 Å². The number of phenolic OH excluding ortho intramolecular Hbond substituents is 1. The van der Waals surface area contributed by atoms with E-state index in [0.29, 0.717) is 5.56 Å². The monoisotopic (exact) mass is 281 g/mol. The number of rotatable bonds is 4. The summed E-state index contributed by atoms with van der Waals surface area (Å²) >= 11 is 0. The lowest BCUT2D eigenvalue weighted by molar-refractivity contribution is 0.104. The van der Waals surface area contributed by atoms with E-state index in [1.807, 2.05) is 56.3 Å². The second kappa shape index (κ2) is 6.27. The number of anilines is 1. The Morgan fingerprint density at radius 3 is 2.33 bits per heavy atom. The molecule has 1 N–H and O–H groups in total. The molecule has 0 amide bonds. The van der Waals surface area contributed by atoms with Gasteiger partial charge in [-0.05, 0) is 48.4 Å². The number of allylic oxidation sites excluding steroid dienone is 1. The molecule has 0 aromatic heterocycles. The van der Waals surface area contributed by atoms with Crippen LogP contribution in [0.3, 0.4) is 0 Å². The Labute approximate surface area is 125 Å². The Morgan fingerprint density at radius 1 is 1.10 bits per heavy atom. The van der Waals surface area contributed by atoms with Crippen molar-refractivity contribution in [3.8, 4) is 5.75 Å². The van der Waals surface area contributed by atoms with Gasteiger partial charge in [-0.15, -0.1) is 0 Å². The van der Waals surface area contributed by atoms with Crippen LogP contribution >= 0.6 is 0 Å². The largest absolute Gasteiger partial charge is 0.507 e. The fraction of sp³-hybridized carbons (Fsp3) is 0.167. The van der Waals surface area contributed by atoms with E-state index in [2.05, 4.69) is 0 Å². The smallest absolute Gasteiger partial charge is 0.189 e. The van der Waals surface area contributed by atoms with E-state index >= 15 is 0 Å². The normalized spacial score (nSPS) is 10.8. The van der Waals surface area contributed by atoms with Gasteiger partial charge in [0.1, 0.15) is 5.75 Å². The molecule has 0 bridgehead atoms. The molecule has 0 saturated heterocycles. The third-order valence-corrected chi connectivity index (χ3v) is 3.26. The summed E-state index contributed by atoms with van der Waals surface area (Å²) in [7, 11) is 3.96. The van der Waals surface area contributed by atoms with Crippen molar-refractivity contribution >= 4 is 17.5 Å². The zero-order valence-electron chi connectivity index (χ0n) is 12.5. The highest BCUT2D eigenvalue weighted by Crippen LogP contribution is 2.20. The van der Waals surface area contributed by atoms with Crippen LogP contribution in [0.25, 0.3) is 6.08 Å². The number of hydrogen-bond donors (Lipinski definition) is 1. The number of aryl methyl sites for hydroxylation is 1. The van der Waals surface area contributed by atoms with E-state index in [9.17, 15) is 9.90 Å². The van der Waals surface area contributed by atoms with E-state index in [4.69, 9.17) is 0 Å². The predicted molar refractivity (Wildman–Crippen MR) is 87.0 cm³/mol. The van der Waals surface area contributed by atoms with E-state index in [1.54, 1.807) is 18.2 Å². The van der Waals surface area contributed by atoms with Crippen molar-refractivity contribution in [2.24, 2.45) is 0 Å². The van der Waals surface area contributed by atoms with Gasteiger partial charge in [0.15, 0.2) is 5.78 Å². The lowest BCUT2D eigenvalue weighted by Gasteiger charge is -2.11. The third kappa shape index (κ3) is 3.72. The van der Waals surface area contributed by atoms with Crippen LogP contribution in [0.1, 0.15) is 21.5 Å². The molecule has 0 heterocycles. The molecule has 2 aromatic carbocycles. The van der Waals surface area contributed by atoms with Crippen molar-refractivity contribution in [1.82, 2.24) is 0 Å². The van der Waals surface area contributed by atoms with E-state index < -0.39 is 0 Å². The van der Waals surface area contributed by atoms with Gasteiger partial charge in [0.2, 0.25) is 0 Å². The van der Waals surface area contributed by atoms with Crippen LogP contribution in [0.5, 0.6) is 5.75 Å². The molecule has 108 valence electrons. The summed E-state index contributed by atoms with van der Waals surface area (Å²) in [6.07, 6.45) is 3.23. The molecule has 21 heavy (non-hydrogen) atoms. The second-order valence-electron chi connectivity index (χ2n) is 5.20. The van der Waals surface area contributed by atoms with Gasteiger partial charge in [-0.3, -0.25) is 4.79 Å². The number of carbonyl (C=O) groups excluding carboxylic acids is 1. The molecule has 2 rings (SSSR count). The molecule has 0 radical (unpaired) electrons. The standard InChI is InChI=1S/C18H19NO2/c1-13-4-10-16(18(21)12-13)17(20)11-7-14-5-8-15(9-6-14)19(2)3/h4-12,21H,1-3H3/b11-7+. The van der Waals surface area contributed by atoms with E-state index in [1.165, 1.54) is 6.08 Å². The summed E-state index contributed by atoms with van der Waals surface area (Å²) in [5.74, 6) is -0.184. The number of aromatic hydroxyl groups is 1. The van der Waals surface area contributed by atoms with Gasteiger partial charge in [-0.1, -0.05) is 24.3 Å². The van der Waals surface area contributed by atoms with Crippen molar-refractivity contribution < 1.29 is 9.90 Å². The molecule has 3 nitrogen and oxygen atoms in total. The maximum absolute atomic E-state index is 12.1. The van der Waals surface area contributed by atoms with Gasteiger partial charge in [-0.25, -0.2) is 0 Å². The molecular formula is C18H19NO2. The molecule has 3 heteroatoms. The molecule has 0 unspecified atom stereocenters. The lowest BCUT2D eigenvalue weighted by Crippen LogP contribution is -2.07. The Bertz CT molecular complexity index is 670. The van der Waals surface area contributed by atoms with Gasteiger partial charge in [-0.2, -0.15) is 0 Å². The Morgan fingerprint density at radius 2 is 1.76 bits per heavy atom. The van der Waals surface area contributed by atoms with Gasteiger partial charge >= 0.3 is 0 Å². The molecule has 0 fully saturated rings. The minimum atomic E-state index is -0.204. The third-order valence-electron chi connectivity index (χ3n) is 3.26. The molecule has 0 atom stereocenters. The molecule has 0 spiro atoms. The van der Waals surface area contributed by atoms with Crippen LogP contribution in [0, 0.1) is 6.92 Å². The highest BCUT2D eigenvalue weighted by molar-refractivity contribution is 6.08. The predicted octanol–water partition coefficient (Wildman–Crippen LogP) is 3.66. The maximum Gasteiger partial charge on any atom is 0.189 e. The van der Waals surface area contributed by atoms with Crippen LogP contribution in [-0.2, 0) is 0 Å². The number of carbonyl (C=O) groups is 1. The van der Waals surface area contributed by atoms with Crippen LogP contribution < -0.4 is 4.90 Å². The van der Waals surface area contributed by atoms with Crippen molar-refractivity contribution in [2.75, 3.05) is 19.0 Å². The fourth-order valence-corrected chi connectivity index (χ4v) is 2.00. The molecular weight excluding hydrogens is 262 g/mol. The topological polar surface area (TPSA) is 40.5 Å². The van der Waals surface area contributed by atoms with Crippen molar-refractivity contribution in [2.45, 2.75) is 6.92 Å². The first-order chi connectivity index (χ1) is 9.97. The number of nitrogens with zero attached hydrogens (tertiary/aromatic N) is 1. The summed E-state index contributed by atoms with van der Waals surface area (Å²) in [5, 5.41) is 9.80. The summed E-state index contributed by atoms with van der Waals surface area (Å²) < 4.78 is 0. The summed E-state index contributed by atoms with van der Waals surface area (Å²) in [5.41, 5.74) is 3.30. The average Bonchev–Trinajstić information content (AvgIpc) is 2.45. The maximum atomic E-state index is 12.1. The van der Waals surface area contributed by atoms with Gasteiger partial charge in [0.25, 0.3) is 0 Å². The molecule has 0 aliphatic carbocycles. The number of ketones is 1. The zero-order valence-corrected chi connectivity index (χ0v) is 12.5. The first-order valence-electron chi connectivity index (χ1n) is 6.77. The minimum Gasteiger partial charge on any atom is -0.507 e. The quantitative estimate of drug-likeness (QED) is 0.686.